The van der Waals surface area contributed by atoms with Crippen molar-refractivity contribution in [2.45, 2.75) is 31.1 Å². The number of anilines is 1. The van der Waals surface area contributed by atoms with E-state index in [9.17, 15) is 12.8 Å². The highest BCUT2D eigenvalue weighted by Gasteiger charge is 2.22. The van der Waals surface area contributed by atoms with E-state index in [4.69, 9.17) is 10.8 Å². The molecule has 0 spiro atoms. The standard InChI is InChI=1S/C13H21FN2O3S/c1-10-8-11(9-12(15)13(10)14)20(18,19)16(2)6-4-3-5-7-17/h8-9,17H,3-7,15H2,1-2H3. The van der Waals surface area contributed by atoms with Gasteiger partial charge in [0, 0.05) is 20.2 Å². The minimum atomic E-state index is -3.66. The van der Waals surface area contributed by atoms with Crippen LogP contribution >= 0.6 is 0 Å². The maximum Gasteiger partial charge on any atom is 0.242 e. The Hall–Kier alpha value is -1.18. The molecule has 0 amide bonds. The fourth-order valence-corrected chi connectivity index (χ4v) is 3.17. The average molecular weight is 304 g/mol. The second-order valence-electron chi connectivity index (χ2n) is 4.75. The van der Waals surface area contributed by atoms with Crippen molar-refractivity contribution in [1.29, 1.82) is 0 Å². The van der Waals surface area contributed by atoms with Gasteiger partial charge in [0.15, 0.2) is 0 Å². The summed E-state index contributed by atoms with van der Waals surface area (Å²) < 4.78 is 39.3. The van der Waals surface area contributed by atoms with Crippen molar-refractivity contribution in [3.05, 3.63) is 23.5 Å². The monoisotopic (exact) mass is 304 g/mol. The average Bonchev–Trinajstić information content (AvgIpc) is 2.40. The third kappa shape index (κ3) is 3.91. The highest BCUT2D eigenvalue weighted by Crippen LogP contribution is 2.23. The molecule has 0 aliphatic heterocycles. The number of aliphatic hydroxyl groups is 1. The SMILES string of the molecule is Cc1cc(S(=O)(=O)N(C)CCCCCO)cc(N)c1F. The summed E-state index contributed by atoms with van der Waals surface area (Å²) in [7, 11) is -2.19. The van der Waals surface area contributed by atoms with Crippen molar-refractivity contribution in [1.82, 2.24) is 4.31 Å². The molecule has 1 aromatic rings. The molecule has 1 aromatic carbocycles. The molecule has 20 heavy (non-hydrogen) atoms. The maximum atomic E-state index is 13.4. The van der Waals surface area contributed by atoms with E-state index < -0.39 is 15.8 Å². The zero-order valence-electron chi connectivity index (χ0n) is 11.8. The zero-order chi connectivity index (χ0) is 15.3. The number of nitrogen functional groups attached to an aromatic ring is 1. The van der Waals surface area contributed by atoms with Crippen LogP contribution in [0.25, 0.3) is 0 Å². The van der Waals surface area contributed by atoms with Gasteiger partial charge in [-0.2, -0.15) is 0 Å². The minimum absolute atomic E-state index is 0.00134. The van der Waals surface area contributed by atoms with Gasteiger partial charge in [-0.1, -0.05) is 0 Å². The van der Waals surface area contributed by atoms with Gasteiger partial charge in [0.1, 0.15) is 5.82 Å². The van der Waals surface area contributed by atoms with Gasteiger partial charge >= 0.3 is 0 Å². The molecule has 0 saturated carbocycles. The molecule has 0 aromatic heterocycles. The third-order valence-corrected chi connectivity index (χ3v) is 4.93. The van der Waals surface area contributed by atoms with E-state index in [1.54, 1.807) is 0 Å². The van der Waals surface area contributed by atoms with Gasteiger partial charge in [-0.05, 0) is 43.9 Å². The van der Waals surface area contributed by atoms with Gasteiger partial charge in [-0.25, -0.2) is 17.1 Å². The molecule has 114 valence electrons. The smallest absolute Gasteiger partial charge is 0.242 e. The molecular weight excluding hydrogens is 283 g/mol. The lowest BCUT2D eigenvalue weighted by Gasteiger charge is -2.18. The second-order valence-corrected chi connectivity index (χ2v) is 6.80. The van der Waals surface area contributed by atoms with E-state index in [1.807, 2.05) is 0 Å². The van der Waals surface area contributed by atoms with Gasteiger partial charge in [-0.3, -0.25) is 0 Å². The summed E-state index contributed by atoms with van der Waals surface area (Å²) in [5, 5.41) is 8.68. The predicted octanol–water partition coefficient (Wildman–Crippen LogP) is 1.50. The van der Waals surface area contributed by atoms with Crippen LogP contribution in [0.5, 0.6) is 0 Å². The topological polar surface area (TPSA) is 83.6 Å². The summed E-state index contributed by atoms with van der Waals surface area (Å²) >= 11 is 0. The number of hydrogen-bond donors (Lipinski definition) is 2. The number of nitrogens with two attached hydrogens (primary N) is 1. The molecular formula is C13H21FN2O3S. The summed E-state index contributed by atoms with van der Waals surface area (Å²) in [4.78, 5) is -0.00134. The Balaban J connectivity index is 2.88. The fraction of sp³-hybridized carbons (Fsp3) is 0.538. The molecule has 1 rings (SSSR count). The Morgan fingerprint density at radius 2 is 1.95 bits per heavy atom. The zero-order valence-corrected chi connectivity index (χ0v) is 12.6. The van der Waals surface area contributed by atoms with Gasteiger partial charge in [0.2, 0.25) is 10.0 Å². The highest BCUT2D eigenvalue weighted by atomic mass is 32.2. The summed E-state index contributed by atoms with van der Waals surface area (Å²) in [5.41, 5.74) is 5.51. The van der Waals surface area contributed by atoms with Crippen molar-refractivity contribution in [3.8, 4) is 0 Å². The number of sulfonamides is 1. The van der Waals surface area contributed by atoms with E-state index >= 15 is 0 Å². The van der Waals surface area contributed by atoms with Gasteiger partial charge in [-0.15, -0.1) is 0 Å². The minimum Gasteiger partial charge on any atom is -0.396 e. The molecule has 0 aliphatic carbocycles. The molecule has 0 fully saturated rings. The van der Waals surface area contributed by atoms with Crippen molar-refractivity contribution < 1.29 is 17.9 Å². The lowest BCUT2D eigenvalue weighted by molar-refractivity contribution is 0.281. The Kier molecular flexibility index (Phi) is 5.91. The molecule has 5 nitrogen and oxygen atoms in total. The van der Waals surface area contributed by atoms with E-state index in [2.05, 4.69) is 0 Å². The molecule has 0 atom stereocenters. The maximum absolute atomic E-state index is 13.4. The fourth-order valence-electron chi connectivity index (χ4n) is 1.83. The summed E-state index contributed by atoms with van der Waals surface area (Å²) in [6.07, 6.45) is 2.06. The highest BCUT2D eigenvalue weighted by molar-refractivity contribution is 7.89. The molecule has 3 N–H and O–H groups in total. The quantitative estimate of drug-likeness (QED) is 0.590. The first-order valence-electron chi connectivity index (χ1n) is 6.43. The van der Waals surface area contributed by atoms with Crippen molar-refractivity contribution >= 4 is 15.7 Å². The van der Waals surface area contributed by atoms with E-state index in [0.29, 0.717) is 19.4 Å². The lowest BCUT2D eigenvalue weighted by Crippen LogP contribution is -2.28. The van der Waals surface area contributed by atoms with Crippen LogP contribution in [0.2, 0.25) is 0 Å². The second kappa shape index (κ2) is 7.01. The predicted molar refractivity (Wildman–Crippen MR) is 76.3 cm³/mol. The first kappa shape index (κ1) is 16.9. The number of hydrogen-bond acceptors (Lipinski definition) is 4. The Morgan fingerprint density at radius 1 is 1.30 bits per heavy atom. The van der Waals surface area contributed by atoms with Crippen LogP contribution in [-0.2, 0) is 10.0 Å². The molecule has 7 heteroatoms. The van der Waals surface area contributed by atoms with E-state index in [0.717, 1.165) is 12.5 Å². The number of aliphatic hydroxyl groups excluding tert-OH is 1. The van der Waals surface area contributed by atoms with Gasteiger partial charge in [0.25, 0.3) is 0 Å². The van der Waals surface area contributed by atoms with Crippen LogP contribution in [0.4, 0.5) is 10.1 Å². The summed E-state index contributed by atoms with van der Waals surface area (Å²) in [6.45, 7) is 1.93. The van der Waals surface area contributed by atoms with E-state index in [-0.39, 0.29) is 22.8 Å². The van der Waals surface area contributed by atoms with Gasteiger partial charge in [0.05, 0.1) is 10.6 Å². The number of unbranched alkanes of at least 4 members (excludes halogenated alkanes) is 2. The number of halogens is 1. The largest absolute Gasteiger partial charge is 0.396 e. The Labute approximate surface area is 119 Å². The first-order valence-corrected chi connectivity index (χ1v) is 7.87. The molecule has 0 saturated heterocycles. The number of aryl methyl sites for hydroxylation is 1. The molecule has 0 bridgehead atoms. The molecule has 0 radical (unpaired) electrons. The normalized spacial score (nSPS) is 12.1. The van der Waals surface area contributed by atoms with Crippen LogP contribution in [0.3, 0.4) is 0 Å². The Morgan fingerprint density at radius 3 is 2.50 bits per heavy atom. The van der Waals surface area contributed by atoms with Crippen molar-refractivity contribution in [3.63, 3.8) is 0 Å². The molecule has 0 aliphatic rings. The first-order chi connectivity index (χ1) is 9.30. The summed E-state index contributed by atoms with van der Waals surface area (Å²) in [5.74, 6) is -0.588. The number of rotatable bonds is 7. The van der Waals surface area contributed by atoms with Crippen molar-refractivity contribution in [2.24, 2.45) is 0 Å². The van der Waals surface area contributed by atoms with Crippen LogP contribution in [0, 0.1) is 12.7 Å². The molecule has 0 heterocycles. The van der Waals surface area contributed by atoms with E-state index in [1.165, 1.54) is 24.3 Å². The van der Waals surface area contributed by atoms with Crippen LogP contribution in [0.15, 0.2) is 17.0 Å². The van der Waals surface area contributed by atoms with Gasteiger partial charge < -0.3 is 10.8 Å². The molecule has 0 unspecified atom stereocenters. The Bertz CT molecular complexity index is 538. The lowest BCUT2D eigenvalue weighted by atomic mass is 10.2. The van der Waals surface area contributed by atoms with Crippen LogP contribution in [0.1, 0.15) is 24.8 Å². The summed E-state index contributed by atoms with van der Waals surface area (Å²) in [6, 6.07) is 2.42. The van der Waals surface area contributed by atoms with Crippen LogP contribution < -0.4 is 5.73 Å². The van der Waals surface area contributed by atoms with Crippen molar-refractivity contribution in [2.75, 3.05) is 25.9 Å². The number of nitrogens with zero attached hydrogens (tertiary/aromatic N) is 1. The number of benzene rings is 1. The van der Waals surface area contributed by atoms with Crippen LogP contribution in [-0.4, -0.2) is 38.0 Å². The third-order valence-electron chi connectivity index (χ3n) is 3.10.